The number of nitrogens with zero attached hydrogens (tertiary/aromatic N) is 3. The van der Waals surface area contributed by atoms with Crippen LogP contribution in [0.25, 0.3) is 5.65 Å². The number of carboxylic acid groups (broad SMARTS) is 1. The highest BCUT2D eigenvalue weighted by Gasteiger charge is 2.28. The molecule has 1 saturated carbocycles. The Morgan fingerprint density at radius 3 is 2.78 bits per heavy atom. The van der Waals surface area contributed by atoms with Crippen LogP contribution in [-0.4, -0.2) is 58.5 Å². The lowest BCUT2D eigenvalue weighted by Gasteiger charge is -2.23. The summed E-state index contributed by atoms with van der Waals surface area (Å²) in [6, 6.07) is 12.5. The average molecular weight is 439 g/mol. The summed E-state index contributed by atoms with van der Waals surface area (Å²) < 4.78 is 7.81. The summed E-state index contributed by atoms with van der Waals surface area (Å²) in [5, 5.41) is 22.2. The number of morpholine rings is 1. The molecule has 170 valence electrons. The molecule has 1 aromatic carbocycles. The number of aromatic nitrogens is 3. The first kappa shape index (κ1) is 22.0. The molecule has 1 aliphatic heterocycles. The second kappa shape index (κ2) is 10.9. The second-order valence-corrected chi connectivity index (χ2v) is 7.99. The van der Waals surface area contributed by atoms with Crippen molar-refractivity contribution in [1.82, 2.24) is 19.9 Å². The van der Waals surface area contributed by atoms with Crippen molar-refractivity contribution in [3.63, 3.8) is 0 Å². The van der Waals surface area contributed by atoms with Gasteiger partial charge in [0, 0.05) is 38.2 Å². The zero-order valence-electron chi connectivity index (χ0n) is 18.0. The van der Waals surface area contributed by atoms with Crippen molar-refractivity contribution in [2.45, 2.75) is 37.8 Å². The smallest absolute Gasteiger partial charge is 0.290 e. The highest BCUT2D eigenvalue weighted by molar-refractivity contribution is 5.71. The molecule has 0 bridgehead atoms. The van der Waals surface area contributed by atoms with Crippen molar-refractivity contribution < 1.29 is 14.6 Å². The van der Waals surface area contributed by atoms with Crippen molar-refractivity contribution in [2.75, 3.05) is 36.9 Å². The molecule has 0 spiro atoms. The van der Waals surface area contributed by atoms with Gasteiger partial charge in [-0.25, -0.2) is 9.50 Å². The molecule has 9 nitrogen and oxygen atoms in total. The monoisotopic (exact) mass is 438 g/mol. The van der Waals surface area contributed by atoms with Crippen LogP contribution in [0.5, 0.6) is 0 Å². The van der Waals surface area contributed by atoms with Crippen LogP contribution < -0.4 is 16.0 Å². The van der Waals surface area contributed by atoms with Crippen molar-refractivity contribution >= 4 is 23.6 Å². The van der Waals surface area contributed by atoms with Gasteiger partial charge in [-0.05, 0) is 24.8 Å². The Morgan fingerprint density at radius 2 is 2.06 bits per heavy atom. The SMILES string of the molecule is O=CO.c1ccc(CNc2cc(NCCC3CNCCO3)nn3c(C4CC4)cnc23)cc1. The number of hydrogen-bond donors (Lipinski definition) is 4. The number of carbonyl (C=O) groups is 1. The van der Waals surface area contributed by atoms with E-state index in [1.54, 1.807) is 0 Å². The van der Waals surface area contributed by atoms with Gasteiger partial charge >= 0.3 is 0 Å². The summed E-state index contributed by atoms with van der Waals surface area (Å²) in [6.07, 6.45) is 5.67. The highest BCUT2D eigenvalue weighted by Crippen LogP contribution is 2.40. The number of ether oxygens (including phenoxy) is 1. The van der Waals surface area contributed by atoms with Gasteiger partial charge in [0.1, 0.15) is 5.82 Å². The molecule has 9 heteroatoms. The van der Waals surface area contributed by atoms with E-state index in [0.717, 1.165) is 56.4 Å². The lowest BCUT2D eigenvalue weighted by molar-refractivity contribution is -0.122. The largest absolute Gasteiger partial charge is 0.483 e. The van der Waals surface area contributed by atoms with Crippen LogP contribution in [0.4, 0.5) is 11.5 Å². The fourth-order valence-electron chi connectivity index (χ4n) is 3.82. The minimum atomic E-state index is -0.250. The van der Waals surface area contributed by atoms with Gasteiger partial charge in [-0.1, -0.05) is 30.3 Å². The highest BCUT2D eigenvalue weighted by atomic mass is 16.5. The Balaban J connectivity index is 0.000000775. The number of imidazole rings is 1. The number of anilines is 2. The molecule has 1 unspecified atom stereocenters. The molecular formula is C23H30N6O3. The molecule has 3 heterocycles. The summed E-state index contributed by atoms with van der Waals surface area (Å²) in [5.74, 6) is 1.47. The number of nitrogens with one attached hydrogen (secondary N) is 3. The van der Waals surface area contributed by atoms with Gasteiger partial charge in [0.2, 0.25) is 0 Å². The summed E-state index contributed by atoms with van der Waals surface area (Å²) in [4.78, 5) is 13.0. The molecule has 4 N–H and O–H groups in total. The van der Waals surface area contributed by atoms with Crippen molar-refractivity contribution in [2.24, 2.45) is 0 Å². The van der Waals surface area contributed by atoms with E-state index in [0.29, 0.717) is 5.92 Å². The lowest BCUT2D eigenvalue weighted by atomic mass is 10.2. The molecule has 1 aliphatic carbocycles. The predicted molar refractivity (Wildman–Crippen MR) is 123 cm³/mol. The third-order valence-electron chi connectivity index (χ3n) is 5.59. The summed E-state index contributed by atoms with van der Waals surface area (Å²) in [6.45, 7) is 4.00. The second-order valence-electron chi connectivity index (χ2n) is 7.99. The third kappa shape index (κ3) is 5.74. The molecule has 2 fully saturated rings. The quantitative estimate of drug-likeness (QED) is 0.397. The van der Waals surface area contributed by atoms with E-state index < -0.39 is 0 Å². The van der Waals surface area contributed by atoms with Crippen LogP contribution in [-0.2, 0) is 16.1 Å². The first-order valence-corrected chi connectivity index (χ1v) is 11.1. The van der Waals surface area contributed by atoms with E-state index in [-0.39, 0.29) is 12.6 Å². The van der Waals surface area contributed by atoms with E-state index in [4.69, 9.17) is 19.7 Å². The predicted octanol–water partition coefficient (Wildman–Crippen LogP) is 2.71. The van der Waals surface area contributed by atoms with E-state index in [1.807, 2.05) is 16.8 Å². The van der Waals surface area contributed by atoms with Gasteiger partial charge < -0.3 is 25.8 Å². The molecule has 2 aromatic heterocycles. The molecule has 32 heavy (non-hydrogen) atoms. The first-order valence-electron chi connectivity index (χ1n) is 11.1. The van der Waals surface area contributed by atoms with E-state index in [2.05, 4.69) is 51.3 Å². The summed E-state index contributed by atoms with van der Waals surface area (Å²) >= 11 is 0. The molecule has 0 radical (unpaired) electrons. The number of benzene rings is 1. The molecule has 1 saturated heterocycles. The maximum atomic E-state index is 8.36. The lowest BCUT2D eigenvalue weighted by Crippen LogP contribution is -2.39. The maximum Gasteiger partial charge on any atom is 0.290 e. The van der Waals surface area contributed by atoms with Gasteiger partial charge in [0.25, 0.3) is 6.47 Å². The van der Waals surface area contributed by atoms with Gasteiger partial charge in [-0.2, -0.15) is 0 Å². The molecule has 2 aliphatic rings. The zero-order valence-corrected chi connectivity index (χ0v) is 18.0. The molecule has 5 rings (SSSR count). The number of rotatable bonds is 8. The van der Waals surface area contributed by atoms with Crippen LogP contribution in [0.15, 0.2) is 42.6 Å². The zero-order chi connectivity index (χ0) is 22.2. The Morgan fingerprint density at radius 1 is 1.25 bits per heavy atom. The Hall–Kier alpha value is -3.17. The fourth-order valence-corrected chi connectivity index (χ4v) is 3.82. The van der Waals surface area contributed by atoms with E-state index >= 15 is 0 Å². The van der Waals surface area contributed by atoms with Crippen molar-refractivity contribution in [3.8, 4) is 0 Å². The number of hydrogen-bond acceptors (Lipinski definition) is 7. The molecule has 1 atom stereocenters. The topological polar surface area (TPSA) is 113 Å². The maximum absolute atomic E-state index is 8.36. The van der Waals surface area contributed by atoms with E-state index in [1.165, 1.54) is 24.1 Å². The van der Waals surface area contributed by atoms with Gasteiger partial charge in [0.05, 0.1) is 30.3 Å². The molecule has 0 amide bonds. The van der Waals surface area contributed by atoms with Crippen LogP contribution in [0, 0.1) is 0 Å². The van der Waals surface area contributed by atoms with Gasteiger partial charge in [-0.3, -0.25) is 4.79 Å². The Kier molecular flexibility index (Phi) is 7.52. The Bertz CT molecular complexity index is 1000. The minimum absolute atomic E-state index is 0.250. The van der Waals surface area contributed by atoms with Gasteiger partial charge in [0.15, 0.2) is 5.65 Å². The van der Waals surface area contributed by atoms with Gasteiger partial charge in [-0.15, -0.1) is 5.10 Å². The summed E-state index contributed by atoms with van der Waals surface area (Å²) in [7, 11) is 0. The van der Waals surface area contributed by atoms with Crippen molar-refractivity contribution in [1.29, 1.82) is 0 Å². The van der Waals surface area contributed by atoms with Crippen molar-refractivity contribution in [3.05, 3.63) is 53.9 Å². The normalized spacial score (nSPS) is 17.9. The first-order chi connectivity index (χ1) is 15.8. The average Bonchev–Trinajstić information content (AvgIpc) is 3.58. The summed E-state index contributed by atoms with van der Waals surface area (Å²) in [5.41, 5.74) is 4.36. The standard InChI is InChI=1S/C22H28N6O.CH2O2/c1-2-4-16(5-3-1)13-25-19-12-21(24-9-8-18-14-23-10-11-29-18)27-28-20(17-6-7-17)15-26-22(19)28;2-1-3/h1-5,12,15,17-18,23,25H,6-11,13-14H2,(H,24,27);1H,(H,2,3). The van der Waals surface area contributed by atoms with E-state index in [9.17, 15) is 0 Å². The van der Waals surface area contributed by atoms with Crippen LogP contribution in [0.2, 0.25) is 0 Å². The third-order valence-corrected chi connectivity index (χ3v) is 5.59. The number of fused-ring (bicyclic) bond motifs is 1. The fraction of sp³-hybridized carbons (Fsp3) is 0.435. The molecule has 3 aromatic rings. The Labute approximate surface area is 187 Å². The van der Waals surface area contributed by atoms with Crippen LogP contribution in [0.1, 0.15) is 36.4 Å². The minimum Gasteiger partial charge on any atom is -0.483 e. The van der Waals surface area contributed by atoms with Crippen LogP contribution >= 0.6 is 0 Å². The van der Waals surface area contributed by atoms with Crippen LogP contribution in [0.3, 0.4) is 0 Å². The molecular weight excluding hydrogens is 408 g/mol.